The van der Waals surface area contributed by atoms with Crippen molar-refractivity contribution in [1.29, 1.82) is 0 Å². The summed E-state index contributed by atoms with van der Waals surface area (Å²) < 4.78 is 0. The Morgan fingerprint density at radius 1 is 1.33 bits per heavy atom. The Kier molecular flexibility index (Phi) is 4.20. The molecule has 110 valence electrons. The second kappa shape index (κ2) is 6.26. The first-order valence-electron chi connectivity index (χ1n) is 7.20. The molecule has 21 heavy (non-hydrogen) atoms. The molecular weight excluding hydrogens is 284 g/mol. The highest BCUT2D eigenvalue weighted by molar-refractivity contribution is 7.09. The minimum atomic E-state index is 0.136. The fourth-order valence-electron chi connectivity index (χ4n) is 2.99. The topological polar surface area (TPSA) is 52.9 Å². The lowest BCUT2D eigenvalue weighted by Crippen LogP contribution is -2.36. The number of hydrogen-bond donors (Lipinski definition) is 1. The number of thiophene rings is 1. The van der Waals surface area contributed by atoms with Crippen LogP contribution in [-0.4, -0.2) is 22.7 Å². The summed E-state index contributed by atoms with van der Waals surface area (Å²) >= 11 is 1.71. The van der Waals surface area contributed by atoms with Gasteiger partial charge in [-0.15, -0.1) is 16.2 Å². The van der Waals surface area contributed by atoms with Crippen LogP contribution in [0.25, 0.3) is 0 Å². The van der Waals surface area contributed by atoms with E-state index in [9.17, 15) is 10.0 Å². The van der Waals surface area contributed by atoms with Gasteiger partial charge in [0.2, 0.25) is 0 Å². The van der Waals surface area contributed by atoms with Crippen LogP contribution in [0.1, 0.15) is 22.4 Å². The predicted molar refractivity (Wildman–Crippen MR) is 84.4 cm³/mol. The van der Waals surface area contributed by atoms with Gasteiger partial charge in [0.05, 0.1) is 11.3 Å². The summed E-state index contributed by atoms with van der Waals surface area (Å²) in [6, 6.07) is 9.87. The maximum Gasteiger partial charge on any atom is 0.119 e. The first kappa shape index (κ1) is 14.1. The van der Waals surface area contributed by atoms with Crippen molar-refractivity contribution < 1.29 is 5.11 Å². The number of phenols is 1. The molecule has 1 aromatic heterocycles. The molecule has 5 heteroatoms. The minimum absolute atomic E-state index is 0.136. The van der Waals surface area contributed by atoms with Crippen molar-refractivity contribution in [2.24, 2.45) is 5.29 Å². The predicted octanol–water partition coefficient (Wildman–Crippen LogP) is 3.54. The molecule has 2 aromatic rings. The third-order valence-corrected chi connectivity index (χ3v) is 5.06. The lowest BCUT2D eigenvalue weighted by molar-refractivity contribution is 0.186. The molecule has 0 amide bonds. The first-order chi connectivity index (χ1) is 10.3. The quantitative estimate of drug-likeness (QED) is 0.679. The molecule has 3 rings (SSSR count). The zero-order valence-electron chi connectivity index (χ0n) is 11.7. The SMILES string of the molecule is O=NN(CCc1cccs1)[C@H]1CCc2c(O)cccc2C1. The van der Waals surface area contributed by atoms with E-state index in [2.05, 4.69) is 11.4 Å². The molecule has 1 atom stereocenters. The van der Waals surface area contributed by atoms with Crippen LogP contribution in [0.3, 0.4) is 0 Å². The standard InChI is InChI=1S/C16H18N2O2S/c19-16-5-1-3-12-11-13(6-7-15(12)16)18(17-20)9-8-14-4-2-10-21-14/h1-5,10,13,19H,6-9,11H2/t13-/m0/s1. The molecule has 0 saturated carbocycles. The van der Waals surface area contributed by atoms with E-state index < -0.39 is 0 Å². The second-order valence-electron chi connectivity index (χ2n) is 5.39. The molecule has 1 aromatic carbocycles. The molecule has 1 N–H and O–H groups in total. The molecule has 0 bridgehead atoms. The zero-order valence-corrected chi connectivity index (χ0v) is 12.6. The van der Waals surface area contributed by atoms with Crippen LogP contribution in [0.5, 0.6) is 5.75 Å². The van der Waals surface area contributed by atoms with Gasteiger partial charge in [0.1, 0.15) is 5.75 Å². The number of phenolic OH excluding ortho intramolecular Hbond substituents is 1. The van der Waals surface area contributed by atoms with Gasteiger partial charge in [-0.05, 0) is 47.9 Å². The van der Waals surface area contributed by atoms with Crippen LogP contribution in [0, 0.1) is 4.91 Å². The summed E-state index contributed by atoms with van der Waals surface area (Å²) in [5.41, 5.74) is 2.16. The van der Waals surface area contributed by atoms with Gasteiger partial charge in [-0.1, -0.05) is 18.2 Å². The molecule has 0 aliphatic heterocycles. The first-order valence-corrected chi connectivity index (χ1v) is 8.08. The molecule has 0 unspecified atom stereocenters. The third-order valence-electron chi connectivity index (χ3n) is 4.13. The minimum Gasteiger partial charge on any atom is -0.508 e. The van der Waals surface area contributed by atoms with E-state index >= 15 is 0 Å². The molecule has 0 spiro atoms. The van der Waals surface area contributed by atoms with Crippen molar-refractivity contribution in [3.63, 3.8) is 0 Å². The maximum atomic E-state index is 11.2. The Hall–Kier alpha value is -1.88. The smallest absolute Gasteiger partial charge is 0.119 e. The highest BCUT2D eigenvalue weighted by Crippen LogP contribution is 2.30. The van der Waals surface area contributed by atoms with Crippen molar-refractivity contribution in [2.45, 2.75) is 31.7 Å². The van der Waals surface area contributed by atoms with Crippen molar-refractivity contribution in [1.82, 2.24) is 5.01 Å². The lowest BCUT2D eigenvalue weighted by atomic mass is 9.87. The summed E-state index contributed by atoms with van der Waals surface area (Å²) in [5.74, 6) is 0.371. The van der Waals surface area contributed by atoms with Gasteiger partial charge in [-0.25, -0.2) is 0 Å². The van der Waals surface area contributed by atoms with E-state index in [1.165, 1.54) is 4.88 Å². The highest BCUT2D eigenvalue weighted by atomic mass is 32.1. The van der Waals surface area contributed by atoms with Crippen LogP contribution < -0.4 is 0 Å². The molecule has 0 fully saturated rings. The number of fused-ring (bicyclic) bond motifs is 1. The van der Waals surface area contributed by atoms with Crippen molar-refractivity contribution in [3.05, 3.63) is 56.6 Å². The van der Waals surface area contributed by atoms with Gasteiger partial charge < -0.3 is 5.11 Å². The summed E-state index contributed by atoms with van der Waals surface area (Å²) in [7, 11) is 0. The molecule has 1 heterocycles. The fraction of sp³-hybridized carbons (Fsp3) is 0.375. The van der Waals surface area contributed by atoms with E-state index in [0.717, 1.165) is 36.8 Å². The molecule has 4 nitrogen and oxygen atoms in total. The number of hydrogen-bond acceptors (Lipinski definition) is 4. The monoisotopic (exact) mass is 302 g/mol. The number of nitroso groups, excluding NO2 is 1. The Labute approximate surface area is 128 Å². The van der Waals surface area contributed by atoms with E-state index in [1.54, 1.807) is 22.4 Å². The Bertz CT molecular complexity index is 613. The average molecular weight is 302 g/mol. The lowest BCUT2D eigenvalue weighted by Gasteiger charge is -2.31. The van der Waals surface area contributed by atoms with Gasteiger partial charge >= 0.3 is 0 Å². The van der Waals surface area contributed by atoms with Crippen molar-refractivity contribution in [3.8, 4) is 5.75 Å². The Balaban J connectivity index is 1.67. The van der Waals surface area contributed by atoms with Gasteiger partial charge in [0.25, 0.3) is 0 Å². The van der Waals surface area contributed by atoms with E-state index in [4.69, 9.17) is 0 Å². The van der Waals surface area contributed by atoms with Gasteiger partial charge in [-0.3, -0.25) is 5.01 Å². The highest BCUT2D eigenvalue weighted by Gasteiger charge is 2.25. The van der Waals surface area contributed by atoms with E-state index in [-0.39, 0.29) is 6.04 Å². The third kappa shape index (κ3) is 3.08. The molecule has 1 aliphatic rings. The van der Waals surface area contributed by atoms with E-state index in [1.807, 2.05) is 23.6 Å². The van der Waals surface area contributed by atoms with Crippen LogP contribution in [-0.2, 0) is 19.3 Å². The van der Waals surface area contributed by atoms with Crippen LogP contribution in [0.2, 0.25) is 0 Å². The van der Waals surface area contributed by atoms with Crippen LogP contribution >= 0.6 is 11.3 Å². The summed E-state index contributed by atoms with van der Waals surface area (Å²) in [4.78, 5) is 12.4. The summed E-state index contributed by atoms with van der Waals surface area (Å²) in [6.07, 6.45) is 3.30. The molecule has 0 radical (unpaired) electrons. The number of rotatable bonds is 5. The van der Waals surface area contributed by atoms with Crippen LogP contribution in [0.4, 0.5) is 0 Å². The fourth-order valence-corrected chi connectivity index (χ4v) is 3.69. The Morgan fingerprint density at radius 3 is 3.00 bits per heavy atom. The molecular formula is C16H18N2O2S. The average Bonchev–Trinajstić information content (AvgIpc) is 3.01. The summed E-state index contributed by atoms with van der Waals surface area (Å²) in [5, 5.41) is 16.8. The number of aromatic hydroxyl groups is 1. The summed E-state index contributed by atoms with van der Waals surface area (Å²) in [6.45, 7) is 0.656. The largest absolute Gasteiger partial charge is 0.508 e. The van der Waals surface area contributed by atoms with Gasteiger partial charge in [0, 0.05) is 17.8 Å². The number of benzene rings is 1. The van der Waals surface area contributed by atoms with Crippen molar-refractivity contribution >= 4 is 11.3 Å². The zero-order chi connectivity index (χ0) is 14.7. The van der Waals surface area contributed by atoms with E-state index in [0.29, 0.717) is 12.3 Å². The Morgan fingerprint density at radius 2 is 2.24 bits per heavy atom. The van der Waals surface area contributed by atoms with Gasteiger partial charge in [-0.2, -0.15) is 0 Å². The maximum absolute atomic E-state index is 11.2. The van der Waals surface area contributed by atoms with Crippen LogP contribution in [0.15, 0.2) is 41.0 Å². The van der Waals surface area contributed by atoms with Crippen molar-refractivity contribution in [2.75, 3.05) is 6.54 Å². The normalized spacial score (nSPS) is 17.2. The van der Waals surface area contributed by atoms with Gasteiger partial charge in [0.15, 0.2) is 0 Å². The second-order valence-corrected chi connectivity index (χ2v) is 6.42. The number of nitrogens with zero attached hydrogens (tertiary/aromatic N) is 2. The molecule has 1 aliphatic carbocycles. The molecule has 0 saturated heterocycles.